The average molecular weight is 327 g/mol. The summed E-state index contributed by atoms with van der Waals surface area (Å²) < 4.78 is 36.4. The highest BCUT2D eigenvalue weighted by atomic mass is 79.9. The summed E-state index contributed by atoms with van der Waals surface area (Å²) in [6, 6.07) is 3.18. The molecule has 1 aromatic rings. The summed E-state index contributed by atoms with van der Waals surface area (Å²) in [4.78, 5) is 10.0. The van der Waals surface area contributed by atoms with Crippen LogP contribution in [0.2, 0.25) is 0 Å². The number of nitrogens with zero attached hydrogens (tertiary/aromatic N) is 1. The van der Waals surface area contributed by atoms with Gasteiger partial charge in [-0.05, 0) is 34.0 Å². The molecular formula is C10H10BrF3N2O2. The maximum Gasteiger partial charge on any atom is 0.389 e. The highest BCUT2D eigenvalue weighted by Crippen LogP contribution is 2.31. The molecule has 1 rings (SSSR count). The van der Waals surface area contributed by atoms with Crippen molar-refractivity contribution in [2.45, 2.75) is 25.1 Å². The van der Waals surface area contributed by atoms with Gasteiger partial charge in [-0.15, -0.1) is 0 Å². The van der Waals surface area contributed by atoms with Gasteiger partial charge in [0.1, 0.15) is 0 Å². The molecule has 1 aromatic carbocycles. The zero-order chi connectivity index (χ0) is 13.9. The molecule has 0 amide bonds. The lowest BCUT2D eigenvalue weighted by molar-refractivity contribution is -0.385. The van der Waals surface area contributed by atoms with Gasteiger partial charge in [-0.3, -0.25) is 10.1 Å². The van der Waals surface area contributed by atoms with Crippen molar-refractivity contribution in [3.63, 3.8) is 0 Å². The number of nitro groups is 1. The van der Waals surface area contributed by atoms with E-state index in [2.05, 4.69) is 15.9 Å². The molecule has 0 bridgehead atoms. The van der Waals surface area contributed by atoms with Crippen LogP contribution in [0.15, 0.2) is 22.7 Å². The van der Waals surface area contributed by atoms with Gasteiger partial charge in [0, 0.05) is 18.5 Å². The van der Waals surface area contributed by atoms with Crippen LogP contribution in [-0.2, 0) is 0 Å². The molecule has 0 spiro atoms. The van der Waals surface area contributed by atoms with Crippen molar-refractivity contribution in [3.8, 4) is 0 Å². The molecule has 0 aliphatic heterocycles. The summed E-state index contributed by atoms with van der Waals surface area (Å²) in [5.74, 6) is 0. The van der Waals surface area contributed by atoms with Crippen LogP contribution in [-0.4, -0.2) is 11.1 Å². The zero-order valence-electron chi connectivity index (χ0n) is 9.08. The Labute approximate surface area is 109 Å². The van der Waals surface area contributed by atoms with Crippen LogP contribution in [0.5, 0.6) is 0 Å². The van der Waals surface area contributed by atoms with Crippen molar-refractivity contribution < 1.29 is 18.1 Å². The molecular weight excluding hydrogens is 317 g/mol. The number of hydrogen-bond acceptors (Lipinski definition) is 3. The highest BCUT2D eigenvalue weighted by molar-refractivity contribution is 9.10. The van der Waals surface area contributed by atoms with Gasteiger partial charge < -0.3 is 5.73 Å². The van der Waals surface area contributed by atoms with Crippen LogP contribution in [0.4, 0.5) is 18.9 Å². The normalized spacial score (nSPS) is 13.4. The average Bonchev–Trinajstić information content (AvgIpc) is 2.25. The van der Waals surface area contributed by atoms with Gasteiger partial charge in [-0.1, -0.05) is 6.07 Å². The van der Waals surface area contributed by atoms with Gasteiger partial charge in [-0.25, -0.2) is 0 Å². The van der Waals surface area contributed by atoms with E-state index in [0.717, 1.165) is 0 Å². The molecule has 0 saturated heterocycles. The van der Waals surface area contributed by atoms with Crippen LogP contribution in [0, 0.1) is 10.1 Å². The lowest BCUT2D eigenvalue weighted by Crippen LogP contribution is -2.16. The smallest absolute Gasteiger partial charge is 0.324 e. The first kappa shape index (κ1) is 14.9. The summed E-state index contributed by atoms with van der Waals surface area (Å²) in [5.41, 5.74) is 5.68. The number of halogens is 4. The minimum absolute atomic E-state index is 0.213. The molecule has 0 saturated carbocycles. The Morgan fingerprint density at radius 2 is 2.06 bits per heavy atom. The van der Waals surface area contributed by atoms with Gasteiger partial charge in [0.25, 0.3) is 5.69 Å². The van der Waals surface area contributed by atoms with Gasteiger partial charge in [0.05, 0.1) is 9.40 Å². The Bertz CT molecular complexity index is 451. The van der Waals surface area contributed by atoms with Crippen molar-refractivity contribution >= 4 is 21.6 Å². The van der Waals surface area contributed by atoms with Crippen LogP contribution < -0.4 is 5.73 Å². The second-order valence-corrected chi connectivity index (χ2v) is 4.58. The fourth-order valence-corrected chi connectivity index (χ4v) is 1.78. The second-order valence-electron chi connectivity index (χ2n) is 3.73. The second kappa shape index (κ2) is 5.66. The fourth-order valence-electron chi connectivity index (χ4n) is 1.39. The maximum absolute atomic E-state index is 12.0. The van der Waals surface area contributed by atoms with Gasteiger partial charge in [-0.2, -0.15) is 13.2 Å². The molecule has 0 aliphatic rings. The molecule has 100 valence electrons. The Morgan fingerprint density at radius 1 is 1.44 bits per heavy atom. The topological polar surface area (TPSA) is 69.2 Å². The van der Waals surface area contributed by atoms with Crippen molar-refractivity contribution in [3.05, 3.63) is 38.3 Å². The molecule has 18 heavy (non-hydrogen) atoms. The lowest BCUT2D eigenvalue weighted by Gasteiger charge is -2.13. The van der Waals surface area contributed by atoms with Gasteiger partial charge in [0.15, 0.2) is 0 Å². The molecule has 0 aromatic heterocycles. The summed E-state index contributed by atoms with van der Waals surface area (Å²) in [7, 11) is 0. The van der Waals surface area contributed by atoms with Crippen molar-refractivity contribution in [1.29, 1.82) is 0 Å². The summed E-state index contributed by atoms with van der Waals surface area (Å²) in [6.45, 7) is 0. The minimum atomic E-state index is -4.28. The van der Waals surface area contributed by atoms with Crippen LogP contribution in [0.25, 0.3) is 0 Å². The number of benzene rings is 1. The lowest BCUT2D eigenvalue weighted by atomic mass is 10.0. The number of rotatable bonds is 4. The monoisotopic (exact) mass is 326 g/mol. The van der Waals surface area contributed by atoms with E-state index in [1.165, 1.54) is 18.2 Å². The van der Waals surface area contributed by atoms with Crippen molar-refractivity contribution in [2.75, 3.05) is 0 Å². The zero-order valence-corrected chi connectivity index (χ0v) is 10.7. The first-order chi connectivity index (χ1) is 8.20. The predicted octanol–water partition coefficient (Wildman–Crippen LogP) is 3.70. The third kappa shape index (κ3) is 4.26. The Kier molecular flexibility index (Phi) is 4.69. The summed E-state index contributed by atoms with van der Waals surface area (Å²) >= 11 is 2.99. The summed E-state index contributed by atoms with van der Waals surface area (Å²) in [5, 5.41) is 10.7. The van der Waals surface area contributed by atoms with Crippen LogP contribution >= 0.6 is 15.9 Å². The SMILES string of the molecule is N[C@H](CCC(F)(F)F)c1ccc(Br)c([N+](=O)[O-])c1. The molecule has 1 atom stereocenters. The number of nitro benzene ring substituents is 1. The molecule has 4 nitrogen and oxygen atoms in total. The molecule has 2 N–H and O–H groups in total. The molecule has 8 heteroatoms. The predicted molar refractivity (Wildman–Crippen MR) is 63.0 cm³/mol. The van der Waals surface area contributed by atoms with E-state index >= 15 is 0 Å². The van der Waals surface area contributed by atoms with E-state index < -0.39 is 23.6 Å². The van der Waals surface area contributed by atoms with Crippen LogP contribution in [0.3, 0.4) is 0 Å². The van der Waals surface area contributed by atoms with Crippen LogP contribution in [0.1, 0.15) is 24.4 Å². The number of alkyl halides is 3. The standard InChI is InChI=1S/C10H10BrF3N2O2/c11-7-2-1-6(5-9(7)16(17)18)8(15)3-4-10(12,13)14/h1-2,5,8H,3-4,15H2/t8-/m1/s1. The Morgan fingerprint density at radius 3 is 2.56 bits per heavy atom. The molecule has 0 fully saturated rings. The van der Waals surface area contributed by atoms with E-state index in [1.807, 2.05) is 0 Å². The summed E-state index contributed by atoms with van der Waals surface area (Å²) in [6.07, 6.45) is -5.60. The van der Waals surface area contributed by atoms with E-state index in [1.54, 1.807) is 0 Å². The van der Waals surface area contributed by atoms with E-state index in [0.29, 0.717) is 5.56 Å². The van der Waals surface area contributed by atoms with Crippen molar-refractivity contribution in [1.82, 2.24) is 0 Å². The third-order valence-electron chi connectivity index (χ3n) is 2.33. The third-order valence-corrected chi connectivity index (χ3v) is 3.00. The van der Waals surface area contributed by atoms with Gasteiger partial charge >= 0.3 is 6.18 Å². The fraction of sp³-hybridized carbons (Fsp3) is 0.400. The van der Waals surface area contributed by atoms with E-state index in [9.17, 15) is 23.3 Å². The first-order valence-electron chi connectivity index (χ1n) is 4.97. The number of hydrogen-bond donors (Lipinski definition) is 1. The van der Waals surface area contributed by atoms with Gasteiger partial charge in [0.2, 0.25) is 0 Å². The van der Waals surface area contributed by atoms with Crippen molar-refractivity contribution in [2.24, 2.45) is 5.73 Å². The van der Waals surface area contributed by atoms with E-state index in [-0.39, 0.29) is 16.6 Å². The highest BCUT2D eigenvalue weighted by Gasteiger charge is 2.28. The van der Waals surface area contributed by atoms with E-state index in [4.69, 9.17) is 5.73 Å². The Balaban J connectivity index is 2.83. The molecule has 0 aliphatic carbocycles. The molecule has 0 radical (unpaired) electrons. The number of nitrogens with two attached hydrogens (primary N) is 1. The minimum Gasteiger partial charge on any atom is -0.324 e. The first-order valence-corrected chi connectivity index (χ1v) is 5.76. The molecule has 0 heterocycles. The Hall–Kier alpha value is -1.15. The molecule has 0 unspecified atom stereocenters. The largest absolute Gasteiger partial charge is 0.389 e. The quantitative estimate of drug-likeness (QED) is 0.677. The maximum atomic E-state index is 12.0.